The van der Waals surface area contributed by atoms with Gasteiger partial charge in [0.2, 0.25) is 0 Å². The molecule has 112 valence electrons. The number of rotatable bonds is 5. The van der Waals surface area contributed by atoms with Crippen LogP contribution in [-0.2, 0) is 17.6 Å². The largest absolute Gasteiger partial charge is 0.481 e. The summed E-state index contributed by atoms with van der Waals surface area (Å²) in [5.74, 6) is -0.299. The van der Waals surface area contributed by atoms with Crippen LogP contribution < -0.4 is 0 Å². The van der Waals surface area contributed by atoms with E-state index in [9.17, 15) is 4.79 Å². The van der Waals surface area contributed by atoms with Gasteiger partial charge in [-0.15, -0.1) is 10.2 Å². The molecular formula is C16H16N4O2. The monoisotopic (exact) mass is 296 g/mol. The third-order valence-electron chi connectivity index (χ3n) is 3.55. The number of fused-ring (bicyclic) bond motifs is 1. The fraction of sp³-hybridized carbons (Fsp3) is 0.250. The van der Waals surface area contributed by atoms with Gasteiger partial charge in [0, 0.05) is 12.0 Å². The minimum atomic E-state index is -0.858. The maximum Gasteiger partial charge on any atom is 0.303 e. The van der Waals surface area contributed by atoms with E-state index in [-0.39, 0.29) is 6.42 Å². The normalized spacial score (nSPS) is 11.0. The second kappa shape index (κ2) is 5.93. The molecule has 1 N–H and O–H groups in total. The molecule has 0 saturated heterocycles. The molecule has 0 aliphatic rings. The van der Waals surface area contributed by atoms with Crippen LogP contribution in [0.5, 0.6) is 0 Å². The molecule has 1 aromatic carbocycles. The van der Waals surface area contributed by atoms with Crippen LogP contribution in [0, 0.1) is 0 Å². The van der Waals surface area contributed by atoms with Crippen molar-refractivity contribution in [2.45, 2.75) is 26.2 Å². The van der Waals surface area contributed by atoms with E-state index >= 15 is 0 Å². The molecule has 6 nitrogen and oxygen atoms in total. The van der Waals surface area contributed by atoms with Crippen LogP contribution in [0.25, 0.3) is 16.9 Å². The third kappa shape index (κ3) is 2.81. The van der Waals surface area contributed by atoms with E-state index in [4.69, 9.17) is 5.11 Å². The maximum absolute atomic E-state index is 10.7. The zero-order valence-electron chi connectivity index (χ0n) is 12.2. The Bertz CT molecular complexity index is 809. The molecule has 0 aliphatic heterocycles. The Kier molecular flexibility index (Phi) is 3.82. The van der Waals surface area contributed by atoms with Crippen LogP contribution >= 0.6 is 0 Å². The lowest BCUT2D eigenvalue weighted by molar-refractivity contribution is -0.137. The van der Waals surface area contributed by atoms with Gasteiger partial charge in [0.25, 0.3) is 0 Å². The predicted octanol–water partition coefficient (Wildman–Crippen LogP) is 2.37. The van der Waals surface area contributed by atoms with Gasteiger partial charge < -0.3 is 5.11 Å². The molecular weight excluding hydrogens is 280 g/mol. The Hall–Kier alpha value is -2.76. The lowest BCUT2D eigenvalue weighted by Gasteiger charge is -2.04. The van der Waals surface area contributed by atoms with E-state index in [2.05, 4.69) is 34.4 Å². The van der Waals surface area contributed by atoms with Crippen molar-refractivity contribution in [2.75, 3.05) is 0 Å². The van der Waals surface area contributed by atoms with E-state index in [0.717, 1.165) is 17.7 Å². The van der Waals surface area contributed by atoms with Crippen LogP contribution in [0.15, 0.2) is 36.4 Å². The molecule has 3 rings (SSSR count). The number of nitrogens with zero attached hydrogens (tertiary/aromatic N) is 4. The standard InChI is InChI=1S/C16H16N4O2/c1-2-11-3-5-12(6-4-11)13-7-8-14-17-18-15(20(14)19-13)9-10-16(21)22/h3-8H,2,9-10H2,1H3,(H,21,22). The van der Waals surface area contributed by atoms with Crippen molar-refractivity contribution in [2.24, 2.45) is 0 Å². The first-order valence-corrected chi connectivity index (χ1v) is 7.20. The fourth-order valence-corrected chi connectivity index (χ4v) is 2.27. The number of carboxylic acid groups (broad SMARTS) is 1. The lowest BCUT2D eigenvalue weighted by Crippen LogP contribution is -2.04. The SMILES string of the molecule is CCc1ccc(-c2ccc3nnc(CCC(=O)O)n3n2)cc1. The summed E-state index contributed by atoms with van der Waals surface area (Å²) >= 11 is 0. The van der Waals surface area contributed by atoms with Gasteiger partial charge in [-0.3, -0.25) is 4.79 Å². The average molecular weight is 296 g/mol. The highest BCUT2D eigenvalue weighted by molar-refractivity contribution is 5.67. The number of hydrogen-bond donors (Lipinski definition) is 1. The zero-order valence-corrected chi connectivity index (χ0v) is 12.2. The Balaban J connectivity index is 1.96. The first-order valence-electron chi connectivity index (χ1n) is 7.20. The number of aliphatic carboxylic acids is 1. The molecule has 2 heterocycles. The van der Waals surface area contributed by atoms with Gasteiger partial charge in [-0.2, -0.15) is 9.61 Å². The summed E-state index contributed by atoms with van der Waals surface area (Å²) in [4.78, 5) is 10.7. The van der Waals surface area contributed by atoms with Crippen molar-refractivity contribution in [1.82, 2.24) is 19.8 Å². The molecule has 0 bridgehead atoms. The molecule has 0 atom stereocenters. The number of aryl methyl sites for hydroxylation is 2. The molecule has 0 radical (unpaired) electrons. The van der Waals surface area contributed by atoms with Gasteiger partial charge in [-0.05, 0) is 24.1 Å². The molecule has 0 spiro atoms. The first kappa shape index (κ1) is 14.2. The molecule has 0 amide bonds. The molecule has 0 fully saturated rings. The third-order valence-corrected chi connectivity index (χ3v) is 3.55. The summed E-state index contributed by atoms with van der Waals surface area (Å²) in [7, 11) is 0. The number of carbonyl (C=O) groups is 1. The number of carboxylic acids is 1. The Labute approximate surface area is 127 Å². The van der Waals surface area contributed by atoms with Gasteiger partial charge in [0.15, 0.2) is 11.5 Å². The van der Waals surface area contributed by atoms with Gasteiger partial charge >= 0.3 is 5.97 Å². The molecule has 0 aliphatic carbocycles. The van der Waals surface area contributed by atoms with E-state index < -0.39 is 5.97 Å². The Morgan fingerprint density at radius 2 is 1.91 bits per heavy atom. The fourth-order valence-electron chi connectivity index (χ4n) is 2.27. The molecule has 0 unspecified atom stereocenters. The van der Waals surface area contributed by atoms with Crippen LogP contribution in [0.3, 0.4) is 0 Å². The van der Waals surface area contributed by atoms with E-state index in [0.29, 0.717) is 17.9 Å². The minimum Gasteiger partial charge on any atom is -0.481 e. The number of aromatic nitrogens is 4. The average Bonchev–Trinajstić information content (AvgIpc) is 2.95. The van der Waals surface area contributed by atoms with Gasteiger partial charge in [-0.1, -0.05) is 31.2 Å². The van der Waals surface area contributed by atoms with Crippen molar-refractivity contribution < 1.29 is 9.90 Å². The highest BCUT2D eigenvalue weighted by Crippen LogP contribution is 2.18. The van der Waals surface area contributed by atoms with Crippen molar-refractivity contribution in [3.8, 4) is 11.3 Å². The van der Waals surface area contributed by atoms with E-state index in [1.165, 1.54) is 5.56 Å². The summed E-state index contributed by atoms with van der Waals surface area (Å²) in [6, 6.07) is 12.0. The van der Waals surface area contributed by atoms with E-state index in [1.807, 2.05) is 24.3 Å². The van der Waals surface area contributed by atoms with Gasteiger partial charge in [-0.25, -0.2) is 0 Å². The van der Waals surface area contributed by atoms with Crippen molar-refractivity contribution in [3.63, 3.8) is 0 Å². The van der Waals surface area contributed by atoms with Crippen molar-refractivity contribution in [3.05, 3.63) is 47.8 Å². The summed E-state index contributed by atoms with van der Waals surface area (Å²) in [6.45, 7) is 2.12. The smallest absolute Gasteiger partial charge is 0.303 e. The van der Waals surface area contributed by atoms with E-state index in [1.54, 1.807) is 4.52 Å². The number of benzene rings is 1. The number of hydrogen-bond acceptors (Lipinski definition) is 4. The topological polar surface area (TPSA) is 80.4 Å². The predicted molar refractivity (Wildman–Crippen MR) is 81.6 cm³/mol. The second-order valence-corrected chi connectivity index (χ2v) is 5.05. The van der Waals surface area contributed by atoms with Crippen LogP contribution in [0.1, 0.15) is 24.7 Å². The summed E-state index contributed by atoms with van der Waals surface area (Å²) < 4.78 is 1.62. The summed E-state index contributed by atoms with van der Waals surface area (Å²) in [5, 5.41) is 21.4. The summed E-state index contributed by atoms with van der Waals surface area (Å²) in [6.07, 6.45) is 1.32. The second-order valence-electron chi connectivity index (χ2n) is 5.05. The molecule has 6 heteroatoms. The van der Waals surface area contributed by atoms with Crippen molar-refractivity contribution >= 4 is 11.6 Å². The highest BCUT2D eigenvalue weighted by Gasteiger charge is 2.10. The summed E-state index contributed by atoms with van der Waals surface area (Å²) in [5.41, 5.74) is 3.72. The van der Waals surface area contributed by atoms with Gasteiger partial charge in [0.05, 0.1) is 12.1 Å². The lowest BCUT2D eigenvalue weighted by atomic mass is 10.1. The van der Waals surface area contributed by atoms with Gasteiger partial charge in [0.1, 0.15) is 0 Å². The van der Waals surface area contributed by atoms with Crippen molar-refractivity contribution in [1.29, 1.82) is 0 Å². The molecule has 3 aromatic rings. The quantitative estimate of drug-likeness (QED) is 0.781. The van der Waals surface area contributed by atoms with Crippen LogP contribution in [0.2, 0.25) is 0 Å². The van der Waals surface area contributed by atoms with Crippen LogP contribution in [0.4, 0.5) is 0 Å². The minimum absolute atomic E-state index is 0.0118. The van der Waals surface area contributed by atoms with Crippen LogP contribution in [-0.4, -0.2) is 30.9 Å². The molecule has 0 saturated carbocycles. The molecule has 22 heavy (non-hydrogen) atoms. The zero-order chi connectivity index (χ0) is 15.5. The molecule has 2 aromatic heterocycles. The first-order chi connectivity index (χ1) is 10.7. The Morgan fingerprint density at radius 1 is 1.14 bits per heavy atom. The Morgan fingerprint density at radius 3 is 2.59 bits per heavy atom. The maximum atomic E-state index is 10.7. The highest BCUT2D eigenvalue weighted by atomic mass is 16.4.